The predicted molar refractivity (Wildman–Crippen MR) is 77.6 cm³/mol. The molecule has 0 bridgehead atoms. The van der Waals surface area contributed by atoms with E-state index >= 15 is 0 Å². The van der Waals surface area contributed by atoms with Crippen molar-refractivity contribution in [1.82, 2.24) is 0 Å². The van der Waals surface area contributed by atoms with Gasteiger partial charge in [-0.2, -0.15) is 0 Å². The van der Waals surface area contributed by atoms with Crippen LogP contribution in [-0.2, 0) is 0 Å². The molecule has 3 nitrogen and oxygen atoms in total. The maximum atomic E-state index is 10.8. The SMILES string of the molecule is CCCCCCCCCN(N=O)c1ccccc1. The lowest BCUT2D eigenvalue weighted by molar-refractivity contribution is 0.585. The lowest BCUT2D eigenvalue weighted by Gasteiger charge is -2.14. The fourth-order valence-corrected chi connectivity index (χ4v) is 2.04. The van der Waals surface area contributed by atoms with Crippen molar-refractivity contribution in [1.29, 1.82) is 0 Å². The Morgan fingerprint density at radius 3 is 2.17 bits per heavy atom. The number of anilines is 1. The molecule has 0 fully saturated rings. The van der Waals surface area contributed by atoms with Gasteiger partial charge < -0.3 is 0 Å². The van der Waals surface area contributed by atoms with Crippen molar-refractivity contribution in [2.45, 2.75) is 51.9 Å². The second-order valence-electron chi connectivity index (χ2n) is 4.66. The number of benzene rings is 1. The van der Waals surface area contributed by atoms with Gasteiger partial charge in [-0.15, -0.1) is 4.91 Å². The van der Waals surface area contributed by atoms with E-state index < -0.39 is 0 Å². The quantitative estimate of drug-likeness (QED) is 0.334. The Morgan fingerprint density at radius 1 is 0.944 bits per heavy atom. The molecule has 18 heavy (non-hydrogen) atoms. The molecule has 0 amide bonds. The topological polar surface area (TPSA) is 32.7 Å². The number of rotatable bonds is 10. The maximum absolute atomic E-state index is 10.8. The van der Waals surface area contributed by atoms with Gasteiger partial charge >= 0.3 is 0 Å². The highest BCUT2D eigenvalue weighted by Crippen LogP contribution is 2.15. The molecular weight excluding hydrogens is 224 g/mol. The van der Waals surface area contributed by atoms with E-state index in [9.17, 15) is 4.91 Å². The Bertz CT molecular complexity index is 314. The van der Waals surface area contributed by atoms with Crippen LogP contribution in [0.3, 0.4) is 0 Å². The van der Waals surface area contributed by atoms with Crippen molar-refractivity contribution < 1.29 is 0 Å². The number of unbranched alkanes of at least 4 members (excludes halogenated alkanes) is 6. The maximum Gasteiger partial charge on any atom is 0.0626 e. The van der Waals surface area contributed by atoms with Gasteiger partial charge in [0.25, 0.3) is 0 Å². The van der Waals surface area contributed by atoms with Gasteiger partial charge in [-0.25, -0.2) is 5.01 Å². The Labute approximate surface area is 110 Å². The third kappa shape index (κ3) is 5.80. The molecule has 1 aromatic carbocycles. The third-order valence-corrected chi connectivity index (χ3v) is 3.13. The monoisotopic (exact) mass is 248 g/mol. The molecule has 0 radical (unpaired) electrons. The van der Waals surface area contributed by atoms with Crippen LogP contribution in [0, 0.1) is 4.91 Å². The van der Waals surface area contributed by atoms with E-state index in [1.54, 1.807) is 5.01 Å². The zero-order chi connectivity index (χ0) is 13.1. The molecular formula is C15H24N2O. The Balaban J connectivity index is 2.15. The summed E-state index contributed by atoms with van der Waals surface area (Å²) in [7, 11) is 0. The zero-order valence-corrected chi connectivity index (χ0v) is 11.3. The first kappa shape index (κ1) is 14.7. The van der Waals surface area contributed by atoms with Crippen LogP contribution in [0.4, 0.5) is 5.69 Å². The van der Waals surface area contributed by atoms with Crippen LogP contribution in [0.1, 0.15) is 51.9 Å². The van der Waals surface area contributed by atoms with Gasteiger partial charge in [-0.3, -0.25) is 0 Å². The summed E-state index contributed by atoms with van der Waals surface area (Å²) in [5.41, 5.74) is 0.887. The summed E-state index contributed by atoms with van der Waals surface area (Å²) >= 11 is 0. The molecule has 1 aromatic rings. The van der Waals surface area contributed by atoms with E-state index in [-0.39, 0.29) is 0 Å². The smallest absolute Gasteiger partial charge is 0.0626 e. The highest BCUT2D eigenvalue weighted by atomic mass is 16.3. The van der Waals surface area contributed by atoms with Gasteiger partial charge in [-0.05, 0) is 18.6 Å². The Kier molecular flexibility index (Phi) is 7.85. The average molecular weight is 248 g/mol. The van der Waals surface area contributed by atoms with Gasteiger partial charge in [0.1, 0.15) is 0 Å². The van der Waals surface area contributed by atoms with Crippen LogP contribution in [0.25, 0.3) is 0 Å². The van der Waals surface area contributed by atoms with Gasteiger partial charge in [0.15, 0.2) is 0 Å². The summed E-state index contributed by atoms with van der Waals surface area (Å²) in [5, 5.41) is 4.64. The molecule has 1 rings (SSSR count). The van der Waals surface area contributed by atoms with Crippen LogP contribution in [-0.4, -0.2) is 6.54 Å². The van der Waals surface area contributed by atoms with Crippen molar-refractivity contribution >= 4 is 5.69 Å². The first-order chi connectivity index (χ1) is 8.88. The number of hydrogen-bond donors (Lipinski definition) is 0. The van der Waals surface area contributed by atoms with Crippen LogP contribution in [0.15, 0.2) is 35.6 Å². The minimum absolute atomic E-state index is 0.724. The van der Waals surface area contributed by atoms with E-state index in [2.05, 4.69) is 12.2 Å². The van der Waals surface area contributed by atoms with Crippen molar-refractivity contribution in [2.24, 2.45) is 5.29 Å². The summed E-state index contributed by atoms with van der Waals surface area (Å²) in [6.07, 6.45) is 8.76. The fourth-order valence-electron chi connectivity index (χ4n) is 2.04. The first-order valence-corrected chi connectivity index (χ1v) is 7.04. The van der Waals surface area contributed by atoms with E-state index in [0.717, 1.165) is 18.7 Å². The minimum atomic E-state index is 0.724. The van der Waals surface area contributed by atoms with Gasteiger partial charge in [0.05, 0.1) is 11.0 Å². The van der Waals surface area contributed by atoms with E-state index in [1.807, 2.05) is 30.3 Å². The average Bonchev–Trinajstić information content (AvgIpc) is 2.43. The molecule has 0 saturated heterocycles. The van der Waals surface area contributed by atoms with Crippen molar-refractivity contribution in [3.8, 4) is 0 Å². The molecule has 0 aliphatic rings. The minimum Gasteiger partial charge on any atom is -0.229 e. The van der Waals surface area contributed by atoms with Gasteiger partial charge in [-0.1, -0.05) is 63.6 Å². The first-order valence-electron chi connectivity index (χ1n) is 7.04. The number of para-hydroxylation sites is 1. The molecule has 0 saturated carbocycles. The largest absolute Gasteiger partial charge is 0.229 e. The van der Waals surface area contributed by atoms with Crippen molar-refractivity contribution in [3.63, 3.8) is 0 Å². The molecule has 0 atom stereocenters. The summed E-state index contributed by atoms with van der Waals surface area (Å²) in [6, 6.07) is 9.64. The van der Waals surface area contributed by atoms with Gasteiger partial charge in [0, 0.05) is 6.54 Å². The molecule has 0 spiro atoms. The van der Waals surface area contributed by atoms with Crippen molar-refractivity contribution in [2.75, 3.05) is 11.6 Å². The van der Waals surface area contributed by atoms with Crippen molar-refractivity contribution in [3.05, 3.63) is 35.2 Å². The lowest BCUT2D eigenvalue weighted by atomic mass is 10.1. The molecule has 0 N–H and O–H groups in total. The number of nitrogens with zero attached hydrogens (tertiary/aromatic N) is 2. The molecule has 0 unspecified atom stereocenters. The molecule has 0 aliphatic heterocycles. The molecule has 100 valence electrons. The molecule has 3 heteroatoms. The summed E-state index contributed by atoms with van der Waals surface area (Å²) in [6.45, 7) is 2.95. The van der Waals surface area contributed by atoms with E-state index in [1.165, 1.54) is 38.5 Å². The zero-order valence-electron chi connectivity index (χ0n) is 11.3. The molecule has 0 heterocycles. The molecule has 0 aromatic heterocycles. The third-order valence-electron chi connectivity index (χ3n) is 3.13. The molecule has 0 aliphatic carbocycles. The highest BCUT2D eigenvalue weighted by Gasteiger charge is 2.04. The summed E-state index contributed by atoms with van der Waals surface area (Å²) < 4.78 is 0. The summed E-state index contributed by atoms with van der Waals surface area (Å²) in [4.78, 5) is 10.8. The van der Waals surface area contributed by atoms with E-state index in [0.29, 0.717) is 0 Å². The lowest BCUT2D eigenvalue weighted by Crippen LogP contribution is -2.16. The van der Waals surface area contributed by atoms with Crippen LogP contribution in [0.5, 0.6) is 0 Å². The normalized spacial score (nSPS) is 10.3. The predicted octanol–water partition coefficient (Wildman–Crippen LogP) is 4.93. The standard InChI is InChI=1S/C15H24N2O/c1-2-3-4-5-6-7-11-14-17(16-18)15-12-9-8-10-13-15/h8-10,12-13H,2-7,11,14H2,1H3. The Morgan fingerprint density at radius 2 is 1.56 bits per heavy atom. The van der Waals surface area contributed by atoms with Crippen LogP contribution >= 0.6 is 0 Å². The Hall–Kier alpha value is -1.38. The van der Waals surface area contributed by atoms with E-state index in [4.69, 9.17) is 0 Å². The van der Waals surface area contributed by atoms with Crippen LogP contribution in [0.2, 0.25) is 0 Å². The number of hydrogen-bond acceptors (Lipinski definition) is 2. The van der Waals surface area contributed by atoms with Crippen LogP contribution < -0.4 is 5.01 Å². The second-order valence-corrected chi connectivity index (χ2v) is 4.66. The summed E-state index contributed by atoms with van der Waals surface area (Å²) in [5.74, 6) is 0. The highest BCUT2D eigenvalue weighted by molar-refractivity contribution is 5.44. The van der Waals surface area contributed by atoms with Gasteiger partial charge in [0.2, 0.25) is 0 Å². The second kappa shape index (κ2) is 9.63. The number of nitroso groups, excluding NO2 is 1. The fraction of sp³-hybridized carbons (Fsp3) is 0.600.